The molecule has 0 saturated heterocycles. The minimum atomic E-state index is -1.15. The molecule has 0 saturated carbocycles. The summed E-state index contributed by atoms with van der Waals surface area (Å²) in [6.45, 7) is 0. The minimum absolute atomic E-state index is 0.0381. The van der Waals surface area contributed by atoms with Crippen molar-refractivity contribution in [1.29, 1.82) is 0 Å². The first-order chi connectivity index (χ1) is 10.5. The quantitative estimate of drug-likeness (QED) is 0.565. The number of rotatable bonds is 4. The molecule has 8 heteroatoms. The largest absolute Gasteiger partial charge is 0.478 e. The minimum Gasteiger partial charge on any atom is -0.478 e. The Labute approximate surface area is 131 Å². The van der Waals surface area contributed by atoms with E-state index in [1.165, 1.54) is 29.3 Å². The standard InChI is InChI=1S/C14H9FN2O3S2/c15-8-3-1-7(2-4-8)5-22-14-16-11(18)10-9(13(19)20)6-21-12(10)17-14/h1-4,6H,5H2,(H,19,20)(H,16,17,18). The number of thiophene rings is 1. The van der Waals surface area contributed by atoms with Crippen LogP contribution < -0.4 is 5.56 Å². The Bertz CT molecular complexity index is 903. The van der Waals surface area contributed by atoms with Crippen LogP contribution in [0.15, 0.2) is 39.6 Å². The number of aromatic carboxylic acids is 1. The number of H-pyrrole nitrogens is 1. The van der Waals surface area contributed by atoms with Crippen molar-refractivity contribution < 1.29 is 14.3 Å². The molecule has 0 atom stereocenters. The lowest BCUT2D eigenvalue weighted by Gasteiger charge is -2.02. The van der Waals surface area contributed by atoms with E-state index in [2.05, 4.69) is 9.97 Å². The highest BCUT2D eigenvalue weighted by Gasteiger charge is 2.16. The molecule has 112 valence electrons. The third kappa shape index (κ3) is 2.88. The molecule has 0 aliphatic rings. The van der Waals surface area contributed by atoms with Gasteiger partial charge in [0, 0.05) is 11.1 Å². The highest BCUT2D eigenvalue weighted by molar-refractivity contribution is 7.98. The van der Waals surface area contributed by atoms with Gasteiger partial charge in [-0.05, 0) is 17.7 Å². The molecule has 0 radical (unpaired) electrons. The summed E-state index contributed by atoms with van der Waals surface area (Å²) >= 11 is 2.42. The monoisotopic (exact) mass is 336 g/mol. The number of aromatic amines is 1. The summed E-state index contributed by atoms with van der Waals surface area (Å²) < 4.78 is 12.8. The van der Waals surface area contributed by atoms with E-state index in [0.717, 1.165) is 16.9 Å². The smallest absolute Gasteiger partial charge is 0.337 e. The van der Waals surface area contributed by atoms with Crippen molar-refractivity contribution in [1.82, 2.24) is 9.97 Å². The maximum atomic E-state index is 12.8. The van der Waals surface area contributed by atoms with E-state index in [-0.39, 0.29) is 16.8 Å². The topological polar surface area (TPSA) is 83.0 Å². The lowest BCUT2D eigenvalue weighted by molar-refractivity contribution is 0.0699. The van der Waals surface area contributed by atoms with Crippen LogP contribution in [-0.2, 0) is 5.75 Å². The van der Waals surface area contributed by atoms with Crippen molar-refractivity contribution in [2.75, 3.05) is 0 Å². The number of hydrogen-bond donors (Lipinski definition) is 2. The lowest BCUT2D eigenvalue weighted by atomic mass is 10.2. The van der Waals surface area contributed by atoms with Gasteiger partial charge in [0.1, 0.15) is 10.6 Å². The fourth-order valence-corrected chi connectivity index (χ4v) is 3.67. The van der Waals surface area contributed by atoms with Crippen LogP contribution in [-0.4, -0.2) is 21.0 Å². The van der Waals surface area contributed by atoms with Gasteiger partial charge in [-0.15, -0.1) is 11.3 Å². The molecule has 2 N–H and O–H groups in total. The maximum absolute atomic E-state index is 12.8. The summed E-state index contributed by atoms with van der Waals surface area (Å²) in [5, 5.41) is 10.9. The van der Waals surface area contributed by atoms with E-state index < -0.39 is 11.5 Å². The van der Waals surface area contributed by atoms with Crippen molar-refractivity contribution in [2.24, 2.45) is 0 Å². The van der Waals surface area contributed by atoms with Crippen molar-refractivity contribution in [3.63, 3.8) is 0 Å². The van der Waals surface area contributed by atoms with E-state index in [4.69, 9.17) is 5.11 Å². The second-order valence-corrected chi connectivity index (χ2v) is 6.24. The predicted molar refractivity (Wildman–Crippen MR) is 83.2 cm³/mol. The Hall–Kier alpha value is -2.19. The highest BCUT2D eigenvalue weighted by atomic mass is 32.2. The zero-order chi connectivity index (χ0) is 15.7. The molecule has 0 fully saturated rings. The van der Waals surface area contributed by atoms with E-state index in [1.807, 2.05) is 0 Å². The Morgan fingerprint density at radius 3 is 2.77 bits per heavy atom. The number of nitrogens with zero attached hydrogens (tertiary/aromatic N) is 1. The maximum Gasteiger partial charge on any atom is 0.337 e. The predicted octanol–water partition coefficient (Wildman–Crippen LogP) is 3.11. The number of carboxylic acids is 1. The van der Waals surface area contributed by atoms with Gasteiger partial charge in [-0.2, -0.15) is 0 Å². The summed E-state index contributed by atoms with van der Waals surface area (Å²) in [6, 6.07) is 6.06. The number of halogens is 1. The van der Waals surface area contributed by atoms with Crippen LogP contribution in [0.5, 0.6) is 0 Å². The lowest BCUT2D eigenvalue weighted by Crippen LogP contribution is -2.11. The molecule has 0 aliphatic heterocycles. The molecule has 3 aromatic rings. The first-order valence-electron chi connectivity index (χ1n) is 6.16. The number of fused-ring (bicyclic) bond motifs is 1. The van der Waals surface area contributed by atoms with Gasteiger partial charge in [-0.1, -0.05) is 23.9 Å². The zero-order valence-electron chi connectivity index (χ0n) is 11.0. The normalized spacial score (nSPS) is 11.0. The van der Waals surface area contributed by atoms with Crippen LogP contribution >= 0.6 is 23.1 Å². The van der Waals surface area contributed by atoms with E-state index >= 15 is 0 Å². The van der Waals surface area contributed by atoms with Gasteiger partial charge in [0.25, 0.3) is 5.56 Å². The van der Waals surface area contributed by atoms with Crippen molar-refractivity contribution in [2.45, 2.75) is 10.9 Å². The molecular formula is C14H9FN2O3S2. The Morgan fingerprint density at radius 2 is 2.09 bits per heavy atom. The van der Waals surface area contributed by atoms with Crippen molar-refractivity contribution in [3.8, 4) is 0 Å². The van der Waals surface area contributed by atoms with Gasteiger partial charge in [0.05, 0.1) is 10.9 Å². The number of nitrogens with one attached hydrogen (secondary N) is 1. The SMILES string of the molecule is O=C(O)c1csc2nc(SCc3ccc(F)cc3)[nH]c(=O)c12. The van der Waals surface area contributed by atoms with Crippen molar-refractivity contribution >= 4 is 39.3 Å². The second-order valence-electron chi connectivity index (χ2n) is 4.42. The molecule has 0 bridgehead atoms. The average Bonchev–Trinajstić information content (AvgIpc) is 2.91. The van der Waals surface area contributed by atoms with E-state index in [0.29, 0.717) is 15.7 Å². The highest BCUT2D eigenvalue weighted by Crippen LogP contribution is 2.25. The number of thioether (sulfide) groups is 1. The number of carbonyl (C=O) groups is 1. The van der Waals surface area contributed by atoms with Gasteiger partial charge in [0.2, 0.25) is 0 Å². The first-order valence-corrected chi connectivity index (χ1v) is 8.03. The zero-order valence-corrected chi connectivity index (χ0v) is 12.6. The van der Waals surface area contributed by atoms with E-state index in [9.17, 15) is 14.0 Å². The van der Waals surface area contributed by atoms with Crippen LogP contribution in [0.1, 0.15) is 15.9 Å². The van der Waals surface area contributed by atoms with Gasteiger partial charge >= 0.3 is 5.97 Å². The molecule has 5 nitrogen and oxygen atoms in total. The van der Waals surface area contributed by atoms with Gasteiger partial charge in [-0.25, -0.2) is 14.2 Å². The Kier molecular flexibility index (Phi) is 3.95. The molecule has 3 rings (SSSR count). The second kappa shape index (κ2) is 5.90. The van der Waals surface area contributed by atoms with Crippen LogP contribution in [0, 0.1) is 5.82 Å². The molecule has 1 aromatic carbocycles. The summed E-state index contributed by atoms with van der Waals surface area (Å²) in [4.78, 5) is 30.3. The van der Waals surface area contributed by atoms with Crippen LogP contribution in [0.25, 0.3) is 10.2 Å². The third-order valence-electron chi connectivity index (χ3n) is 2.94. The van der Waals surface area contributed by atoms with E-state index in [1.54, 1.807) is 12.1 Å². The summed E-state index contributed by atoms with van der Waals surface area (Å²) in [6.07, 6.45) is 0. The summed E-state index contributed by atoms with van der Waals surface area (Å²) in [5.74, 6) is -0.932. The van der Waals surface area contributed by atoms with Gasteiger partial charge in [-0.3, -0.25) is 4.79 Å². The Balaban J connectivity index is 1.87. The molecule has 2 aromatic heterocycles. The third-order valence-corrected chi connectivity index (χ3v) is 4.76. The van der Waals surface area contributed by atoms with Gasteiger partial charge < -0.3 is 10.1 Å². The molecular weight excluding hydrogens is 327 g/mol. The number of hydrogen-bond acceptors (Lipinski definition) is 5. The van der Waals surface area contributed by atoms with Crippen molar-refractivity contribution in [3.05, 3.63) is 56.9 Å². The van der Waals surface area contributed by atoms with Crippen LogP contribution in [0.2, 0.25) is 0 Å². The first kappa shape index (κ1) is 14.7. The number of carboxylic acid groups (broad SMARTS) is 1. The summed E-state index contributed by atoms with van der Waals surface area (Å²) in [7, 11) is 0. The Morgan fingerprint density at radius 1 is 1.36 bits per heavy atom. The fourth-order valence-electron chi connectivity index (χ4n) is 1.89. The molecule has 0 unspecified atom stereocenters. The molecule has 0 spiro atoms. The molecule has 0 aliphatic carbocycles. The van der Waals surface area contributed by atoms with Crippen LogP contribution in [0.3, 0.4) is 0 Å². The summed E-state index contributed by atoms with van der Waals surface area (Å²) in [5.41, 5.74) is 0.389. The van der Waals surface area contributed by atoms with Gasteiger partial charge in [0.15, 0.2) is 5.16 Å². The molecule has 2 heterocycles. The fraction of sp³-hybridized carbons (Fsp3) is 0.0714. The van der Waals surface area contributed by atoms with Crippen LogP contribution in [0.4, 0.5) is 4.39 Å². The average molecular weight is 336 g/mol. The number of benzene rings is 1. The molecule has 0 amide bonds. The number of aromatic nitrogens is 2. The molecule has 22 heavy (non-hydrogen) atoms.